The molecule has 1 aromatic carbocycles. The highest BCUT2D eigenvalue weighted by Gasteiger charge is 2.48. The van der Waals surface area contributed by atoms with E-state index < -0.39 is 0 Å². The predicted octanol–water partition coefficient (Wildman–Crippen LogP) is 2.79. The van der Waals surface area contributed by atoms with E-state index in [-0.39, 0.29) is 11.4 Å². The van der Waals surface area contributed by atoms with Crippen LogP contribution in [0, 0.1) is 0 Å². The summed E-state index contributed by atoms with van der Waals surface area (Å²) in [6.45, 7) is 2.97. The molecule has 1 aromatic rings. The van der Waals surface area contributed by atoms with Gasteiger partial charge in [0, 0.05) is 12.6 Å². The van der Waals surface area contributed by atoms with Crippen molar-refractivity contribution in [1.82, 2.24) is 0 Å². The number of ether oxygens (including phenoxy) is 1. The average Bonchev–Trinajstić information content (AvgIpc) is 2.90. The Morgan fingerprint density at radius 1 is 1.37 bits per heavy atom. The summed E-state index contributed by atoms with van der Waals surface area (Å²) in [6.07, 6.45) is 4.18. The zero-order valence-corrected chi connectivity index (χ0v) is 11.5. The SMILES string of the molecule is CCN1c2ccc(OC)cc2NC(=O)C12CCCC2. The van der Waals surface area contributed by atoms with Gasteiger partial charge in [0.15, 0.2) is 0 Å². The summed E-state index contributed by atoms with van der Waals surface area (Å²) in [7, 11) is 1.64. The lowest BCUT2D eigenvalue weighted by molar-refractivity contribution is -0.121. The number of carbonyl (C=O) groups excluding carboxylic acids is 1. The highest BCUT2D eigenvalue weighted by atomic mass is 16.5. The third kappa shape index (κ3) is 1.70. The van der Waals surface area contributed by atoms with Crippen LogP contribution in [0.4, 0.5) is 11.4 Å². The first-order chi connectivity index (χ1) is 9.21. The van der Waals surface area contributed by atoms with Gasteiger partial charge >= 0.3 is 0 Å². The van der Waals surface area contributed by atoms with E-state index in [1.54, 1.807) is 7.11 Å². The topological polar surface area (TPSA) is 41.6 Å². The first-order valence-corrected chi connectivity index (χ1v) is 6.98. The van der Waals surface area contributed by atoms with Crippen LogP contribution in [0.5, 0.6) is 5.75 Å². The molecule has 1 saturated carbocycles. The third-order valence-electron chi connectivity index (χ3n) is 4.43. The Morgan fingerprint density at radius 2 is 2.11 bits per heavy atom. The minimum Gasteiger partial charge on any atom is -0.497 e. The van der Waals surface area contributed by atoms with Crippen LogP contribution in [0.1, 0.15) is 32.6 Å². The summed E-state index contributed by atoms with van der Waals surface area (Å²) in [5.41, 5.74) is 1.66. The maximum absolute atomic E-state index is 12.6. The molecule has 4 nitrogen and oxygen atoms in total. The van der Waals surface area contributed by atoms with Gasteiger partial charge in [-0.3, -0.25) is 4.79 Å². The van der Waals surface area contributed by atoms with E-state index >= 15 is 0 Å². The first-order valence-electron chi connectivity index (χ1n) is 6.98. The molecule has 0 unspecified atom stereocenters. The summed E-state index contributed by atoms with van der Waals surface area (Å²) in [6, 6.07) is 5.91. The number of carbonyl (C=O) groups is 1. The van der Waals surface area contributed by atoms with Gasteiger partial charge in [-0.25, -0.2) is 0 Å². The lowest BCUT2D eigenvalue weighted by atomic mass is 9.90. The van der Waals surface area contributed by atoms with Crippen LogP contribution in [0.2, 0.25) is 0 Å². The minimum absolute atomic E-state index is 0.146. The summed E-state index contributed by atoms with van der Waals surface area (Å²) in [5, 5.41) is 3.07. The van der Waals surface area contributed by atoms with Crippen LogP contribution in [0.25, 0.3) is 0 Å². The zero-order valence-electron chi connectivity index (χ0n) is 11.5. The number of rotatable bonds is 2. The molecule has 4 heteroatoms. The molecule has 1 N–H and O–H groups in total. The normalized spacial score (nSPS) is 20.3. The Hall–Kier alpha value is -1.71. The van der Waals surface area contributed by atoms with Crippen LogP contribution in [-0.2, 0) is 4.79 Å². The van der Waals surface area contributed by atoms with E-state index in [4.69, 9.17) is 4.74 Å². The number of hydrogen-bond donors (Lipinski definition) is 1. The van der Waals surface area contributed by atoms with Gasteiger partial charge in [-0.2, -0.15) is 0 Å². The van der Waals surface area contributed by atoms with E-state index in [0.29, 0.717) is 0 Å². The Balaban J connectivity index is 2.08. The second kappa shape index (κ2) is 4.44. The van der Waals surface area contributed by atoms with Crippen molar-refractivity contribution in [3.05, 3.63) is 18.2 Å². The summed E-state index contributed by atoms with van der Waals surface area (Å²) < 4.78 is 5.23. The van der Waals surface area contributed by atoms with Crippen molar-refractivity contribution in [1.29, 1.82) is 0 Å². The van der Waals surface area contributed by atoms with E-state index in [9.17, 15) is 4.79 Å². The fourth-order valence-electron chi connectivity index (χ4n) is 3.50. The molecule has 0 saturated heterocycles. The van der Waals surface area contributed by atoms with E-state index in [0.717, 1.165) is 49.4 Å². The molecule has 3 rings (SSSR count). The van der Waals surface area contributed by atoms with Crippen LogP contribution in [-0.4, -0.2) is 25.1 Å². The molecule has 1 spiro atoms. The third-order valence-corrected chi connectivity index (χ3v) is 4.43. The summed E-state index contributed by atoms with van der Waals surface area (Å²) in [4.78, 5) is 14.8. The largest absolute Gasteiger partial charge is 0.497 e. The lowest BCUT2D eigenvalue weighted by Gasteiger charge is -2.45. The summed E-state index contributed by atoms with van der Waals surface area (Å²) in [5.74, 6) is 0.921. The Morgan fingerprint density at radius 3 is 2.74 bits per heavy atom. The molecule has 1 heterocycles. The van der Waals surface area contributed by atoms with Crippen LogP contribution in [0.3, 0.4) is 0 Å². The number of fused-ring (bicyclic) bond motifs is 1. The lowest BCUT2D eigenvalue weighted by Crippen LogP contribution is -2.58. The second-order valence-electron chi connectivity index (χ2n) is 5.32. The molecular weight excluding hydrogens is 240 g/mol. The number of likely N-dealkylation sites (N-methyl/N-ethyl adjacent to an activating group) is 1. The molecule has 0 aromatic heterocycles. The Kier molecular flexibility index (Phi) is 2.88. The van der Waals surface area contributed by atoms with Crippen LogP contribution < -0.4 is 15.0 Å². The second-order valence-corrected chi connectivity index (χ2v) is 5.32. The van der Waals surface area contributed by atoms with Gasteiger partial charge in [0.1, 0.15) is 11.3 Å². The van der Waals surface area contributed by atoms with E-state index in [1.807, 2.05) is 12.1 Å². The molecule has 1 fully saturated rings. The van der Waals surface area contributed by atoms with Gasteiger partial charge in [0.25, 0.3) is 0 Å². The molecule has 2 aliphatic rings. The molecule has 1 amide bonds. The monoisotopic (exact) mass is 260 g/mol. The molecule has 1 aliphatic heterocycles. The molecule has 0 atom stereocenters. The van der Waals surface area contributed by atoms with E-state index in [2.05, 4.69) is 23.2 Å². The van der Waals surface area contributed by atoms with Gasteiger partial charge in [-0.15, -0.1) is 0 Å². The molecule has 1 aliphatic carbocycles. The number of nitrogens with zero attached hydrogens (tertiary/aromatic N) is 1. The molecule has 102 valence electrons. The molecule has 19 heavy (non-hydrogen) atoms. The van der Waals surface area contributed by atoms with Gasteiger partial charge in [-0.1, -0.05) is 12.8 Å². The van der Waals surface area contributed by atoms with Gasteiger partial charge < -0.3 is 15.0 Å². The Labute approximate surface area is 113 Å². The first kappa shape index (κ1) is 12.3. The molecule has 0 radical (unpaired) electrons. The van der Waals surface area contributed by atoms with Gasteiger partial charge in [0.2, 0.25) is 5.91 Å². The minimum atomic E-state index is -0.323. The average molecular weight is 260 g/mol. The standard InChI is InChI=1S/C15H20N2O2/c1-3-17-13-7-6-11(19-2)10-12(13)16-14(18)15(17)8-4-5-9-15/h6-7,10H,3-5,8-9H2,1-2H3,(H,16,18). The maximum atomic E-state index is 12.6. The number of methoxy groups -OCH3 is 1. The Bertz CT molecular complexity index is 507. The number of hydrogen-bond acceptors (Lipinski definition) is 3. The highest BCUT2D eigenvalue weighted by Crippen LogP contribution is 2.45. The van der Waals surface area contributed by atoms with Gasteiger partial charge in [-0.05, 0) is 31.9 Å². The van der Waals surface area contributed by atoms with Crippen LogP contribution >= 0.6 is 0 Å². The maximum Gasteiger partial charge on any atom is 0.250 e. The van der Waals surface area contributed by atoms with Crippen molar-refractivity contribution in [2.45, 2.75) is 38.1 Å². The van der Waals surface area contributed by atoms with Crippen molar-refractivity contribution in [2.75, 3.05) is 23.9 Å². The van der Waals surface area contributed by atoms with Crippen molar-refractivity contribution < 1.29 is 9.53 Å². The fraction of sp³-hybridized carbons (Fsp3) is 0.533. The van der Waals surface area contributed by atoms with Crippen LogP contribution in [0.15, 0.2) is 18.2 Å². The van der Waals surface area contributed by atoms with Crippen molar-refractivity contribution in [3.8, 4) is 5.75 Å². The van der Waals surface area contributed by atoms with E-state index in [1.165, 1.54) is 0 Å². The number of amides is 1. The number of anilines is 2. The molecular formula is C15H20N2O2. The van der Waals surface area contributed by atoms with Crippen molar-refractivity contribution in [3.63, 3.8) is 0 Å². The number of nitrogens with one attached hydrogen (secondary N) is 1. The predicted molar refractivity (Wildman–Crippen MR) is 75.8 cm³/mol. The van der Waals surface area contributed by atoms with Crippen molar-refractivity contribution >= 4 is 17.3 Å². The smallest absolute Gasteiger partial charge is 0.250 e. The number of benzene rings is 1. The quantitative estimate of drug-likeness (QED) is 0.889. The van der Waals surface area contributed by atoms with Gasteiger partial charge in [0.05, 0.1) is 18.5 Å². The highest BCUT2D eigenvalue weighted by molar-refractivity contribution is 6.07. The summed E-state index contributed by atoms with van der Waals surface area (Å²) >= 11 is 0. The zero-order chi connectivity index (χ0) is 13.5. The fourth-order valence-corrected chi connectivity index (χ4v) is 3.50. The van der Waals surface area contributed by atoms with Crippen molar-refractivity contribution in [2.24, 2.45) is 0 Å². The molecule has 0 bridgehead atoms.